The van der Waals surface area contributed by atoms with E-state index >= 15 is 0 Å². The van der Waals surface area contributed by atoms with E-state index in [1.165, 1.54) is 25.7 Å². The summed E-state index contributed by atoms with van der Waals surface area (Å²) in [6.07, 6.45) is 5.40. The van der Waals surface area contributed by atoms with Gasteiger partial charge in [0.05, 0.1) is 52.0 Å². The van der Waals surface area contributed by atoms with Gasteiger partial charge in [-0.25, -0.2) is 0 Å². The highest BCUT2D eigenvalue weighted by Gasteiger charge is 2.32. The fourth-order valence-electron chi connectivity index (χ4n) is 4.30. The lowest BCUT2D eigenvalue weighted by atomic mass is 9.86. The Kier molecular flexibility index (Phi) is 5.84. The van der Waals surface area contributed by atoms with Crippen LogP contribution in [0.5, 0.6) is 11.5 Å². The van der Waals surface area contributed by atoms with Gasteiger partial charge in [0.1, 0.15) is 0 Å². The number of hydrogen-bond donors (Lipinski definition) is 1. The maximum absolute atomic E-state index is 13.0. The van der Waals surface area contributed by atoms with Gasteiger partial charge >= 0.3 is 0 Å². The van der Waals surface area contributed by atoms with Crippen LogP contribution in [0.25, 0.3) is 0 Å². The van der Waals surface area contributed by atoms with Crippen LogP contribution in [0.4, 0.5) is 0 Å². The van der Waals surface area contributed by atoms with E-state index in [0.29, 0.717) is 17.1 Å². The summed E-state index contributed by atoms with van der Waals surface area (Å²) in [7, 11) is 3.18. The zero-order chi connectivity index (χ0) is 17.8. The lowest BCUT2D eigenvalue weighted by molar-refractivity contribution is -0.930. The predicted octanol–water partition coefficient (Wildman–Crippen LogP) is 1.62. The van der Waals surface area contributed by atoms with E-state index in [4.69, 9.17) is 9.47 Å². The molecular weight excluding hydrogens is 316 g/mol. The average Bonchev–Trinajstić information content (AvgIpc) is 2.67. The molecule has 2 aliphatic rings. The van der Waals surface area contributed by atoms with Gasteiger partial charge < -0.3 is 19.3 Å². The van der Waals surface area contributed by atoms with Crippen LogP contribution in [0.2, 0.25) is 0 Å². The Bertz CT molecular complexity index is 589. The zero-order valence-electron chi connectivity index (χ0n) is 15.7. The maximum Gasteiger partial charge on any atom is 0.258 e. The standard InChI is InChI=1S/C20H30N2O3/c1-15-7-9-16(10-8-15)21-11-13-22(14-12-21)20(23)17-5-4-6-18(24-2)19(17)25-3/h4-6,15-16H,7-14H2,1-3H3/p+1. The third-order valence-electron chi connectivity index (χ3n) is 5.92. The van der Waals surface area contributed by atoms with Gasteiger partial charge in [0, 0.05) is 0 Å². The van der Waals surface area contributed by atoms with Crippen molar-refractivity contribution in [1.82, 2.24) is 4.90 Å². The highest BCUT2D eigenvalue weighted by atomic mass is 16.5. The Balaban J connectivity index is 1.62. The van der Waals surface area contributed by atoms with Crippen LogP contribution in [0.1, 0.15) is 43.0 Å². The number of nitrogens with one attached hydrogen (secondary N) is 1. The number of quaternary nitrogens is 1. The van der Waals surface area contributed by atoms with E-state index in [0.717, 1.165) is 38.1 Å². The monoisotopic (exact) mass is 347 g/mol. The Morgan fingerprint density at radius 2 is 1.76 bits per heavy atom. The van der Waals surface area contributed by atoms with Crippen LogP contribution >= 0.6 is 0 Å². The number of nitrogens with zero attached hydrogens (tertiary/aromatic N) is 1. The predicted molar refractivity (Wildman–Crippen MR) is 97.6 cm³/mol. The molecule has 1 saturated heterocycles. The Hall–Kier alpha value is -1.75. The number of rotatable bonds is 4. The molecule has 0 aromatic heterocycles. The summed E-state index contributed by atoms with van der Waals surface area (Å²) >= 11 is 0. The summed E-state index contributed by atoms with van der Waals surface area (Å²) in [5.41, 5.74) is 0.594. The zero-order valence-corrected chi connectivity index (χ0v) is 15.7. The van der Waals surface area contributed by atoms with Crippen molar-refractivity contribution in [3.63, 3.8) is 0 Å². The van der Waals surface area contributed by atoms with E-state index in [1.807, 2.05) is 23.1 Å². The molecule has 5 nitrogen and oxygen atoms in total. The first-order valence-electron chi connectivity index (χ1n) is 9.49. The minimum absolute atomic E-state index is 0.0482. The fraction of sp³-hybridized carbons (Fsp3) is 0.650. The van der Waals surface area contributed by atoms with Gasteiger partial charge in [-0.1, -0.05) is 13.0 Å². The largest absolute Gasteiger partial charge is 0.493 e. The maximum atomic E-state index is 13.0. The molecule has 3 rings (SSSR count). The van der Waals surface area contributed by atoms with Gasteiger partial charge in [-0.2, -0.15) is 0 Å². The minimum atomic E-state index is 0.0482. The summed E-state index contributed by atoms with van der Waals surface area (Å²) in [4.78, 5) is 16.6. The van der Waals surface area contributed by atoms with Gasteiger partial charge in [-0.3, -0.25) is 4.79 Å². The van der Waals surface area contributed by atoms with Crippen molar-refractivity contribution in [3.05, 3.63) is 23.8 Å². The molecule has 2 fully saturated rings. The van der Waals surface area contributed by atoms with Crippen LogP contribution in [0.15, 0.2) is 18.2 Å². The summed E-state index contributed by atoms with van der Waals surface area (Å²) in [5.74, 6) is 2.08. The molecule has 5 heteroatoms. The second kappa shape index (κ2) is 8.09. The van der Waals surface area contributed by atoms with Gasteiger partial charge in [-0.15, -0.1) is 0 Å². The van der Waals surface area contributed by atoms with E-state index in [9.17, 15) is 4.79 Å². The van der Waals surface area contributed by atoms with E-state index in [2.05, 4.69) is 6.92 Å². The number of ether oxygens (including phenoxy) is 2. The van der Waals surface area contributed by atoms with Gasteiger partial charge in [0.15, 0.2) is 11.5 Å². The third kappa shape index (κ3) is 3.92. The molecule has 0 unspecified atom stereocenters. The third-order valence-corrected chi connectivity index (χ3v) is 5.92. The lowest BCUT2D eigenvalue weighted by Crippen LogP contribution is -3.18. The number of carbonyl (C=O) groups excluding carboxylic acids is 1. The molecule has 0 bridgehead atoms. The molecule has 1 aromatic carbocycles. The SMILES string of the molecule is COc1cccc(C(=O)N2CC[NH+](C3CCC(C)CC3)CC2)c1OC. The van der Waals surface area contributed by atoms with Crippen molar-refractivity contribution in [1.29, 1.82) is 0 Å². The Morgan fingerprint density at radius 3 is 2.36 bits per heavy atom. The minimum Gasteiger partial charge on any atom is -0.493 e. The first-order valence-corrected chi connectivity index (χ1v) is 9.49. The summed E-state index contributed by atoms with van der Waals surface area (Å²) in [6.45, 7) is 6.11. The summed E-state index contributed by atoms with van der Waals surface area (Å²) in [5, 5.41) is 0. The van der Waals surface area contributed by atoms with Crippen molar-refractivity contribution in [3.8, 4) is 11.5 Å². The molecule has 1 aliphatic heterocycles. The second-order valence-corrected chi connectivity index (χ2v) is 7.45. The van der Waals surface area contributed by atoms with Gasteiger partial charge in [0.2, 0.25) is 0 Å². The number of hydrogen-bond acceptors (Lipinski definition) is 3. The number of amides is 1. The highest BCUT2D eigenvalue weighted by molar-refractivity contribution is 5.97. The van der Waals surface area contributed by atoms with E-state index < -0.39 is 0 Å². The number of piperazine rings is 1. The van der Waals surface area contributed by atoms with Crippen molar-refractivity contribution in [2.45, 2.75) is 38.6 Å². The molecule has 0 spiro atoms. The fourth-order valence-corrected chi connectivity index (χ4v) is 4.30. The molecule has 1 aliphatic carbocycles. The molecular formula is C20H31N2O3+. The lowest BCUT2D eigenvalue weighted by Gasteiger charge is -2.39. The molecule has 1 aromatic rings. The quantitative estimate of drug-likeness (QED) is 0.900. The van der Waals surface area contributed by atoms with Gasteiger partial charge in [-0.05, 0) is 43.7 Å². The van der Waals surface area contributed by atoms with Crippen LogP contribution in [-0.4, -0.2) is 57.2 Å². The summed E-state index contributed by atoms with van der Waals surface area (Å²) in [6, 6.07) is 6.28. The van der Waals surface area contributed by atoms with Crippen molar-refractivity contribution in [2.24, 2.45) is 5.92 Å². The van der Waals surface area contributed by atoms with Gasteiger partial charge in [0.25, 0.3) is 5.91 Å². The smallest absolute Gasteiger partial charge is 0.258 e. The molecule has 138 valence electrons. The van der Waals surface area contributed by atoms with E-state index in [-0.39, 0.29) is 5.91 Å². The number of methoxy groups -OCH3 is 2. The molecule has 1 saturated carbocycles. The molecule has 1 amide bonds. The topological polar surface area (TPSA) is 43.2 Å². The molecule has 0 atom stereocenters. The molecule has 25 heavy (non-hydrogen) atoms. The van der Waals surface area contributed by atoms with Crippen LogP contribution < -0.4 is 14.4 Å². The normalized spacial score (nSPS) is 24.8. The molecule has 1 N–H and O–H groups in total. The molecule has 0 radical (unpaired) electrons. The number of carbonyl (C=O) groups is 1. The number of para-hydroxylation sites is 1. The highest BCUT2D eigenvalue weighted by Crippen LogP contribution is 2.31. The van der Waals surface area contributed by atoms with Crippen LogP contribution in [-0.2, 0) is 0 Å². The molecule has 1 heterocycles. The first kappa shape index (κ1) is 18.1. The first-order chi connectivity index (χ1) is 12.1. The van der Waals surface area contributed by atoms with Crippen molar-refractivity contribution >= 4 is 5.91 Å². The van der Waals surface area contributed by atoms with E-state index in [1.54, 1.807) is 19.1 Å². The second-order valence-electron chi connectivity index (χ2n) is 7.45. The average molecular weight is 347 g/mol. The Labute approximate surface area is 150 Å². The van der Waals surface area contributed by atoms with Crippen LogP contribution in [0, 0.1) is 5.92 Å². The number of benzene rings is 1. The van der Waals surface area contributed by atoms with Crippen molar-refractivity contribution < 1.29 is 19.2 Å². The van der Waals surface area contributed by atoms with Crippen molar-refractivity contribution in [2.75, 3.05) is 40.4 Å². The van der Waals surface area contributed by atoms with Crippen LogP contribution in [0.3, 0.4) is 0 Å². The summed E-state index contributed by atoms with van der Waals surface area (Å²) < 4.78 is 10.7. The Morgan fingerprint density at radius 1 is 1.08 bits per heavy atom.